The Kier molecular flexibility index (Phi) is 11.4. The summed E-state index contributed by atoms with van der Waals surface area (Å²) in [5.74, 6) is 0.683. The maximum Gasteiger partial charge on any atom is 0.254 e. The van der Waals surface area contributed by atoms with Gasteiger partial charge in [-0.05, 0) is 75.3 Å². The van der Waals surface area contributed by atoms with E-state index in [0.29, 0.717) is 30.8 Å². The van der Waals surface area contributed by atoms with Crippen LogP contribution < -0.4 is 10.1 Å². The molecule has 1 saturated heterocycles. The van der Waals surface area contributed by atoms with E-state index in [1.54, 1.807) is 7.11 Å². The van der Waals surface area contributed by atoms with Gasteiger partial charge in [0.15, 0.2) is 0 Å². The number of methoxy groups -OCH3 is 1. The number of rotatable bonds is 12. The van der Waals surface area contributed by atoms with E-state index in [2.05, 4.69) is 44.3 Å². The van der Waals surface area contributed by atoms with Crippen LogP contribution in [0.25, 0.3) is 0 Å². The number of hydrogen-bond donors (Lipinski definition) is 1. The zero-order valence-electron chi connectivity index (χ0n) is 25.9. The van der Waals surface area contributed by atoms with E-state index < -0.39 is 6.04 Å². The number of hydrogen-bond acceptors (Lipinski definition) is 4. The largest absolute Gasteiger partial charge is 0.497 e. The van der Waals surface area contributed by atoms with Crippen LogP contribution >= 0.6 is 0 Å². The second-order valence-electron chi connectivity index (χ2n) is 12.1. The van der Waals surface area contributed by atoms with E-state index in [9.17, 15) is 14.4 Å². The average Bonchev–Trinajstić information content (AvgIpc) is 3.51. The SMILES string of the molecule is CCCC[C@@H](CC)C(=O)N1CCC[C@H]1C(=O)N[C@@H]1CCCC[C@H]1N(Cc1cccc(C)c1)C(=O)c1ccc(OC)cc1. The summed E-state index contributed by atoms with van der Waals surface area (Å²) in [5.41, 5.74) is 2.82. The van der Waals surface area contributed by atoms with Gasteiger partial charge in [0, 0.05) is 30.6 Å². The highest BCUT2D eigenvalue weighted by Crippen LogP contribution is 2.29. The molecule has 0 radical (unpaired) electrons. The zero-order valence-corrected chi connectivity index (χ0v) is 25.9. The predicted octanol–water partition coefficient (Wildman–Crippen LogP) is 6.28. The molecule has 42 heavy (non-hydrogen) atoms. The Morgan fingerprint density at radius 3 is 2.48 bits per heavy atom. The van der Waals surface area contributed by atoms with Crippen LogP contribution in [-0.2, 0) is 16.1 Å². The van der Waals surface area contributed by atoms with Crippen LogP contribution in [0.15, 0.2) is 48.5 Å². The van der Waals surface area contributed by atoms with Gasteiger partial charge in [0.1, 0.15) is 11.8 Å². The minimum absolute atomic E-state index is 0.0206. The van der Waals surface area contributed by atoms with Crippen molar-refractivity contribution in [3.63, 3.8) is 0 Å². The highest BCUT2D eigenvalue weighted by atomic mass is 16.5. The molecular formula is C35H49N3O4. The second kappa shape index (κ2) is 15.2. The van der Waals surface area contributed by atoms with E-state index in [1.807, 2.05) is 40.1 Å². The Bertz CT molecular complexity index is 1200. The van der Waals surface area contributed by atoms with Crippen molar-refractivity contribution in [2.75, 3.05) is 13.7 Å². The summed E-state index contributed by atoms with van der Waals surface area (Å²) in [4.78, 5) is 45.1. The second-order valence-corrected chi connectivity index (χ2v) is 12.1. The third kappa shape index (κ3) is 7.73. The molecule has 228 valence electrons. The molecule has 4 atom stereocenters. The van der Waals surface area contributed by atoms with Crippen molar-refractivity contribution < 1.29 is 19.1 Å². The number of nitrogens with one attached hydrogen (secondary N) is 1. The van der Waals surface area contributed by atoms with Gasteiger partial charge >= 0.3 is 0 Å². The maximum absolute atomic E-state index is 14.1. The number of aryl methyl sites for hydroxylation is 1. The van der Waals surface area contributed by atoms with E-state index >= 15 is 0 Å². The van der Waals surface area contributed by atoms with Gasteiger partial charge in [-0.2, -0.15) is 0 Å². The first-order valence-corrected chi connectivity index (χ1v) is 16.0. The third-order valence-corrected chi connectivity index (χ3v) is 9.08. The lowest BCUT2D eigenvalue weighted by molar-refractivity contribution is -0.142. The molecule has 3 amide bonds. The van der Waals surface area contributed by atoms with E-state index in [4.69, 9.17) is 4.74 Å². The Labute approximate surface area is 252 Å². The summed E-state index contributed by atoms with van der Waals surface area (Å²) in [7, 11) is 1.61. The van der Waals surface area contributed by atoms with Crippen LogP contribution in [0.2, 0.25) is 0 Å². The summed E-state index contributed by atoms with van der Waals surface area (Å²) in [6.45, 7) is 7.38. The molecule has 2 aromatic carbocycles. The Morgan fingerprint density at radius 1 is 1.02 bits per heavy atom. The number of likely N-dealkylation sites (tertiary alicyclic amines) is 1. The van der Waals surface area contributed by atoms with Crippen molar-refractivity contribution in [3.8, 4) is 5.75 Å². The smallest absolute Gasteiger partial charge is 0.254 e. The summed E-state index contributed by atoms with van der Waals surface area (Å²) >= 11 is 0. The number of nitrogens with zero attached hydrogens (tertiary/aromatic N) is 2. The first-order valence-electron chi connectivity index (χ1n) is 16.0. The van der Waals surface area contributed by atoms with Crippen molar-refractivity contribution >= 4 is 17.7 Å². The Hall–Kier alpha value is -3.35. The van der Waals surface area contributed by atoms with E-state index in [-0.39, 0.29) is 35.7 Å². The normalized spacial score (nSPS) is 21.0. The fraction of sp³-hybridized carbons (Fsp3) is 0.571. The number of carbonyl (C=O) groups excluding carboxylic acids is 3. The molecule has 4 rings (SSSR count). The fourth-order valence-electron chi connectivity index (χ4n) is 6.67. The molecule has 1 N–H and O–H groups in total. The quantitative estimate of drug-likeness (QED) is 0.323. The standard InChI is InChI=1S/C35H49N3O4/c1-5-7-14-27(6-2)34(40)37-22-11-17-32(37)33(39)36-30-15-8-9-16-31(30)38(24-26-13-10-12-25(3)23-26)35(41)28-18-20-29(42-4)21-19-28/h10,12-13,18-21,23,27,30-32H,5-9,11,14-17,22,24H2,1-4H3,(H,36,39)/t27-,30-,31-,32+/m1/s1. The molecule has 2 aromatic rings. The summed E-state index contributed by atoms with van der Waals surface area (Å²) < 4.78 is 5.31. The molecule has 0 bridgehead atoms. The molecule has 1 saturated carbocycles. The van der Waals surface area contributed by atoms with Crippen molar-refractivity contribution in [2.45, 2.75) is 110 Å². The lowest BCUT2D eigenvalue weighted by Gasteiger charge is -2.41. The number of benzene rings is 2. The van der Waals surface area contributed by atoms with E-state index in [0.717, 1.165) is 68.9 Å². The van der Waals surface area contributed by atoms with Gasteiger partial charge in [-0.15, -0.1) is 0 Å². The maximum atomic E-state index is 14.1. The Balaban J connectivity index is 1.55. The van der Waals surface area contributed by atoms with E-state index in [1.165, 1.54) is 0 Å². The van der Waals surface area contributed by atoms with Crippen molar-refractivity contribution in [2.24, 2.45) is 5.92 Å². The van der Waals surface area contributed by atoms with Gasteiger partial charge < -0.3 is 19.9 Å². The van der Waals surface area contributed by atoms with Crippen LogP contribution in [0.1, 0.15) is 99.5 Å². The van der Waals surface area contributed by atoms with Crippen LogP contribution in [-0.4, -0.2) is 59.3 Å². The predicted molar refractivity (Wildman–Crippen MR) is 166 cm³/mol. The van der Waals surface area contributed by atoms with Crippen LogP contribution in [0, 0.1) is 12.8 Å². The lowest BCUT2D eigenvalue weighted by atomic mass is 9.88. The van der Waals surface area contributed by atoms with Crippen molar-refractivity contribution in [1.29, 1.82) is 0 Å². The van der Waals surface area contributed by atoms with Gasteiger partial charge in [-0.1, -0.05) is 69.4 Å². The Morgan fingerprint density at radius 2 is 1.79 bits per heavy atom. The minimum Gasteiger partial charge on any atom is -0.497 e. The van der Waals surface area contributed by atoms with Crippen molar-refractivity contribution in [3.05, 3.63) is 65.2 Å². The molecule has 1 aliphatic carbocycles. The molecule has 2 fully saturated rings. The molecular weight excluding hydrogens is 526 g/mol. The van der Waals surface area contributed by atoms with Gasteiger partial charge in [-0.3, -0.25) is 14.4 Å². The number of carbonyl (C=O) groups is 3. The third-order valence-electron chi connectivity index (χ3n) is 9.08. The molecule has 1 aliphatic heterocycles. The summed E-state index contributed by atoms with van der Waals surface area (Å²) in [5, 5.41) is 3.35. The number of amides is 3. The highest BCUT2D eigenvalue weighted by Gasteiger charge is 2.40. The molecule has 1 heterocycles. The van der Waals surface area contributed by atoms with Gasteiger partial charge in [0.05, 0.1) is 13.2 Å². The average molecular weight is 576 g/mol. The zero-order chi connectivity index (χ0) is 30.1. The van der Waals surface area contributed by atoms with Crippen LogP contribution in [0.5, 0.6) is 5.75 Å². The fourth-order valence-corrected chi connectivity index (χ4v) is 6.67. The minimum atomic E-state index is -0.432. The van der Waals surface area contributed by atoms with Crippen LogP contribution in [0.4, 0.5) is 0 Å². The van der Waals surface area contributed by atoms with Gasteiger partial charge in [0.2, 0.25) is 11.8 Å². The molecule has 2 aliphatic rings. The van der Waals surface area contributed by atoms with Gasteiger partial charge in [-0.25, -0.2) is 0 Å². The van der Waals surface area contributed by atoms with Crippen molar-refractivity contribution in [1.82, 2.24) is 15.1 Å². The lowest BCUT2D eigenvalue weighted by Crippen LogP contribution is -2.58. The topological polar surface area (TPSA) is 79.0 Å². The molecule has 0 unspecified atom stereocenters. The van der Waals surface area contributed by atoms with Gasteiger partial charge in [0.25, 0.3) is 5.91 Å². The number of ether oxygens (including phenoxy) is 1. The monoisotopic (exact) mass is 575 g/mol. The summed E-state index contributed by atoms with van der Waals surface area (Å²) in [6, 6.07) is 14.8. The molecule has 7 heteroatoms. The summed E-state index contributed by atoms with van der Waals surface area (Å²) in [6.07, 6.45) is 8.93. The highest BCUT2D eigenvalue weighted by molar-refractivity contribution is 5.95. The first-order chi connectivity index (χ1) is 20.4. The number of unbranched alkanes of at least 4 members (excludes halogenated alkanes) is 1. The first kappa shape index (κ1) is 31.6. The molecule has 0 spiro atoms. The van der Waals surface area contributed by atoms with Crippen LogP contribution in [0.3, 0.4) is 0 Å². The molecule has 7 nitrogen and oxygen atoms in total. The molecule has 0 aromatic heterocycles.